The van der Waals surface area contributed by atoms with Gasteiger partial charge in [-0.1, -0.05) is 13.4 Å². The van der Waals surface area contributed by atoms with Gasteiger partial charge < -0.3 is 9.53 Å². The Morgan fingerprint density at radius 2 is 2.00 bits per heavy atom. The Bertz CT molecular complexity index is 81.1. The molecule has 2 nitrogen and oxygen atoms in total. The maximum atomic E-state index is 9.63. The van der Waals surface area contributed by atoms with Crippen molar-refractivity contribution in [2.24, 2.45) is 0 Å². The van der Waals surface area contributed by atoms with E-state index in [2.05, 4.69) is 4.74 Å². The van der Waals surface area contributed by atoms with Gasteiger partial charge in [-0.15, -0.1) is 0 Å². The summed E-state index contributed by atoms with van der Waals surface area (Å²) in [6, 6.07) is 0. The van der Waals surface area contributed by atoms with Gasteiger partial charge >= 0.3 is 0 Å². The van der Waals surface area contributed by atoms with E-state index in [4.69, 9.17) is 0 Å². The molecule has 0 fully saturated rings. The molecule has 0 aliphatic rings. The van der Waals surface area contributed by atoms with E-state index >= 15 is 0 Å². The summed E-state index contributed by atoms with van der Waals surface area (Å²) in [6.07, 6.45) is 0.822. The molecule has 9 heavy (non-hydrogen) atoms. The summed E-state index contributed by atoms with van der Waals surface area (Å²) in [4.78, 5) is 9.63. The van der Waals surface area contributed by atoms with Gasteiger partial charge in [0.05, 0.1) is 5.60 Å². The topological polar surface area (TPSA) is 26.3 Å². The molecule has 0 aromatic carbocycles. The van der Waals surface area contributed by atoms with Gasteiger partial charge in [0, 0.05) is 32.7 Å². The molecule has 0 aromatic rings. The molecule has 0 bridgehead atoms. The quantitative estimate of drug-likeness (QED) is 0.647. The third-order valence-corrected chi connectivity index (χ3v) is 1.17. The molecule has 3 heteroatoms. The van der Waals surface area contributed by atoms with Crippen molar-refractivity contribution in [2.45, 2.75) is 32.8 Å². The van der Waals surface area contributed by atoms with Crippen LogP contribution in [-0.2, 0) is 42.2 Å². The van der Waals surface area contributed by atoms with E-state index in [1.165, 1.54) is 6.47 Å². The standard InChI is InChI=1S/C6H11O2.Y/c1-4-6(2,3)8-5-7;/h4H2,1-3H3;/q-1;. The summed E-state index contributed by atoms with van der Waals surface area (Å²) >= 11 is 0. The first-order valence-corrected chi connectivity index (χ1v) is 2.67. The van der Waals surface area contributed by atoms with Crippen LogP contribution in [0.1, 0.15) is 27.2 Å². The van der Waals surface area contributed by atoms with E-state index in [9.17, 15) is 4.79 Å². The third kappa shape index (κ3) is 6.46. The minimum absolute atomic E-state index is 0. The Hall–Kier alpha value is 0.574. The minimum atomic E-state index is -0.332. The Labute approximate surface area is 81.2 Å². The molecule has 0 aliphatic heterocycles. The van der Waals surface area contributed by atoms with Gasteiger partial charge in [0.2, 0.25) is 0 Å². The molecule has 0 atom stereocenters. The van der Waals surface area contributed by atoms with Gasteiger partial charge in [-0.2, -0.15) is 0 Å². The van der Waals surface area contributed by atoms with Crippen molar-refractivity contribution >= 4 is 6.47 Å². The maximum Gasteiger partial charge on any atom is 0.0649 e. The van der Waals surface area contributed by atoms with E-state index in [0.717, 1.165) is 6.42 Å². The van der Waals surface area contributed by atoms with Crippen molar-refractivity contribution in [2.75, 3.05) is 0 Å². The second kappa shape index (κ2) is 5.37. The third-order valence-electron chi connectivity index (χ3n) is 1.17. The van der Waals surface area contributed by atoms with Crippen LogP contribution >= 0.6 is 0 Å². The second-order valence-corrected chi connectivity index (χ2v) is 2.30. The Balaban J connectivity index is 0. The summed E-state index contributed by atoms with van der Waals surface area (Å²) in [5.41, 5.74) is -0.332. The first kappa shape index (κ1) is 12.3. The summed E-state index contributed by atoms with van der Waals surface area (Å²) in [5, 5.41) is 0. The average Bonchev–Trinajstić information content (AvgIpc) is 1.67. The van der Waals surface area contributed by atoms with Crippen LogP contribution in [0.25, 0.3) is 0 Å². The Morgan fingerprint density at radius 3 is 2.11 bits per heavy atom. The number of rotatable bonds is 3. The van der Waals surface area contributed by atoms with Gasteiger partial charge in [-0.3, -0.25) is 0 Å². The smallest absolute Gasteiger partial charge is 0.0649 e. The van der Waals surface area contributed by atoms with Crippen LogP contribution in [0.5, 0.6) is 0 Å². The Kier molecular flexibility index (Phi) is 7.31. The molecule has 0 rings (SSSR count). The van der Waals surface area contributed by atoms with E-state index in [0.29, 0.717) is 0 Å². The van der Waals surface area contributed by atoms with E-state index in [1.54, 1.807) is 0 Å². The van der Waals surface area contributed by atoms with E-state index in [-0.39, 0.29) is 38.3 Å². The molecule has 0 N–H and O–H groups in total. The summed E-state index contributed by atoms with van der Waals surface area (Å²) < 4.78 is 4.57. The summed E-state index contributed by atoms with van der Waals surface area (Å²) in [5.74, 6) is 0. The molecule has 0 unspecified atom stereocenters. The second-order valence-electron chi connectivity index (χ2n) is 2.30. The fraction of sp³-hybridized carbons (Fsp3) is 0.833. The molecule has 0 spiro atoms. The fourth-order valence-electron chi connectivity index (χ4n) is 0.185. The molecule has 0 saturated carbocycles. The molecule has 0 saturated heterocycles. The number of hydrogen-bond acceptors (Lipinski definition) is 2. The summed E-state index contributed by atoms with van der Waals surface area (Å²) in [7, 11) is 0. The number of hydrogen-bond donors (Lipinski definition) is 0. The van der Waals surface area contributed by atoms with Crippen molar-refractivity contribution in [3.63, 3.8) is 0 Å². The van der Waals surface area contributed by atoms with Gasteiger partial charge in [0.25, 0.3) is 0 Å². The van der Waals surface area contributed by atoms with Crippen molar-refractivity contribution < 1.29 is 42.2 Å². The van der Waals surface area contributed by atoms with Crippen LogP contribution in [0.15, 0.2) is 0 Å². The number of ether oxygens (including phenoxy) is 1. The van der Waals surface area contributed by atoms with Crippen LogP contribution in [-0.4, -0.2) is 12.1 Å². The molecule has 1 radical (unpaired) electrons. The number of carbonyl (C=O) groups excluding carboxylic acids is 1. The molecule has 0 amide bonds. The zero-order valence-electron chi connectivity index (χ0n) is 6.10. The van der Waals surface area contributed by atoms with Crippen LogP contribution in [0.3, 0.4) is 0 Å². The monoisotopic (exact) mass is 204 g/mol. The van der Waals surface area contributed by atoms with Crippen molar-refractivity contribution in [1.29, 1.82) is 0 Å². The van der Waals surface area contributed by atoms with Crippen LogP contribution in [0.4, 0.5) is 0 Å². The fourth-order valence-corrected chi connectivity index (χ4v) is 0.185. The average molecular weight is 204 g/mol. The molecule has 51 valence electrons. The first-order valence-electron chi connectivity index (χ1n) is 2.67. The predicted octanol–water partition coefficient (Wildman–Crippen LogP) is 1.26. The first-order chi connectivity index (χ1) is 3.62. The maximum absolute atomic E-state index is 9.63. The molecular weight excluding hydrogens is 193 g/mol. The summed E-state index contributed by atoms with van der Waals surface area (Å²) in [6.45, 7) is 7.05. The molecule has 0 aromatic heterocycles. The van der Waals surface area contributed by atoms with Crippen LogP contribution in [0.2, 0.25) is 0 Å². The van der Waals surface area contributed by atoms with Crippen molar-refractivity contribution in [1.82, 2.24) is 0 Å². The van der Waals surface area contributed by atoms with Gasteiger partial charge in [-0.05, 0) is 20.3 Å². The normalized spacial score (nSPS) is 9.67. The van der Waals surface area contributed by atoms with Gasteiger partial charge in [-0.25, -0.2) is 0 Å². The van der Waals surface area contributed by atoms with Gasteiger partial charge in [0.15, 0.2) is 0 Å². The van der Waals surface area contributed by atoms with Gasteiger partial charge in [0.1, 0.15) is 0 Å². The predicted molar refractivity (Wildman–Crippen MR) is 31.1 cm³/mol. The van der Waals surface area contributed by atoms with E-state index < -0.39 is 0 Å². The minimum Gasteiger partial charge on any atom is -0.649 e. The van der Waals surface area contributed by atoms with Crippen LogP contribution in [0, 0.1) is 0 Å². The van der Waals surface area contributed by atoms with E-state index in [1.807, 2.05) is 20.8 Å². The molecular formula is C6H11O2Y-. The SMILES string of the molecule is CCC(C)(C)O[C-]=O.[Y]. The van der Waals surface area contributed by atoms with Crippen molar-refractivity contribution in [3.05, 3.63) is 0 Å². The zero-order chi connectivity index (χ0) is 6.62. The Morgan fingerprint density at radius 1 is 1.56 bits per heavy atom. The molecule has 0 aliphatic carbocycles. The molecule has 0 heterocycles. The zero-order valence-corrected chi connectivity index (χ0v) is 8.94. The largest absolute Gasteiger partial charge is 0.649 e. The van der Waals surface area contributed by atoms with Crippen molar-refractivity contribution in [3.8, 4) is 0 Å². The van der Waals surface area contributed by atoms with Crippen LogP contribution < -0.4 is 0 Å².